The van der Waals surface area contributed by atoms with Gasteiger partial charge in [0.25, 0.3) is 0 Å². The summed E-state index contributed by atoms with van der Waals surface area (Å²) in [6, 6.07) is -0.948. The molecule has 0 bridgehead atoms. The van der Waals surface area contributed by atoms with E-state index in [1.165, 1.54) is 21.6 Å². The highest BCUT2D eigenvalue weighted by atomic mass is 33.1. The second kappa shape index (κ2) is 9.53. The Morgan fingerprint density at radius 3 is 1.64 bits per heavy atom. The highest BCUT2D eigenvalue weighted by Gasteiger charge is 2.25. The molecule has 0 saturated carbocycles. The van der Waals surface area contributed by atoms with Gasteiger partial charge in [0.1, 0.15) is 0 Å². The molecular weight excluding hydrogens is 360 g/mol. The van der Waals surface area contributed by atoms with Crippen LogP contribution in [0.2, 0.25) is 0 Å². The summed E-state index contributed by atoms with van der Waals surface area (Å²) < 4.78 is 0. The summed E-state index contributed by atoms with van der Waals surface area (Å²) in [5, 5.41) is 0. The van der Waals surface area contributed by atoms with Gasteiger partial charge in [0.05, 0.1) is 23.8 Å². The minimum atomic E-state index is -0.474. The standard InChI is InChI=1S/C12H22N4O2S4/c13-9(11(17)15-1-3-19-7-15)5-21-22-6-10(14)12(18)16-2-4-20-8-16/h9-10H,1-8,13-14H2. The Hall–Kier alpha value is 0.260. The van der Waals surface area contributed by atoms with Gasteiger partial charge >= 0.3 is 0 Å². The van der Waals surface area contributed by atoms with Crippen LogP contribution in [0.1, 0.15) is 0 Å². The molecular formula is C12H22N4O2S4. The molecule has 0 radical (unpaired) electrons. The average Bonchev–Trinajstić information content (AvgIpc) is 3.22. The molecule has 2 rings (SSSR count). The van der Waals surface area contributed by atoms with Crippen LogP contribution in [0.4, 0.5) is 0 Å². The third-order valence-corrected chi connectivity index (χ3v) is 7.75. The quantitative estimate of drug-likeness (QED) is 0.473. The first kappa shape index (κ1) is 18.6. The predicted molar refractivity (Wildman–Crippen MR) is 98.9 cm³/mol. The first-order valence-corrected chi connectivity index (χ1v) is 11.9. The van der Waals surface area contributed by atoms with Crippen LogP contribution in [0, 0.1) is 0 Å². The number of nitrogens with zero attached hydrogens (tertiary/aromatic N) is 2. The van der Waals surface area contributed by atoms with Gasteiger partial charge in [0, 0.05) is 36.1 Å². The monoisotopic (exact) mass is 382 g/mol. The smallest absolute Gasteiger partial charge is 0.241 e. The largest absolute Gasteiger partial charge is 0.331 e. The Bertz CT molecular complexity index is 353. The van der Waals surface area contributed by atoms with Gasteiger partial charge in [-0.25, -0.2) is 0 Å². The van der Waals surface area contributed by atoms with Gasteiger partial charge in [-0.3, -0.25) is 9.59 Å². The van der Waals surface area contributed by atoms with Crippen molar-refractivity contribution in [1.82, 2.24) is 9.80 Å². The van der Waals surface area contributed by atoms with E-state index in [0.29, 0.717) is 11.5 Å². The van der Waals surface area contributed by atoms with Crippen LogP contribution in [0.5, 0.6) is 0 Å². The van der Waals surface area contributed by atoms with Gasteiger partial charge in [0.15, 0.2) is 0 Å². The fourth-order valence-corrected chi connectivity index (χ4v) is 6.17. The Labute approximate surface area is 147 Å². The zero-order valence-electron chi connectivity index (χ0n) is 12.3. The molecule has 0 aromatic carbocycles. The number of carbonyl (C=O) groups is 2. The second-order valence-corrected chi connectivity index (χ2v) is 9.76. The first-order chi connectivity index (χ1) is 10.6. The highest BCUT2D eigenvalue weighted by Crippen LogP contribution is 2.24. The van der Waals surface area contributed by atoms with Crippen molar-refractivity contribution < 1.29 is 9.59 Å². The molecule has 2 atom stereocenters. The van der Waals surface area contributed by atoms with Crippen molar-refractivity contribution in [2.75, 3.05) is 47.9 Å². The highest BCUT2D eigenvalue weighted by molar-refractivity contribution is 8.76. The van der Waals surface area contributed by atoms with E-state index in [1.54, 1.807) is 33.3 Å². The molecule has 6 nitrogen and oxygen atoms in total. The van der Waals surface area contributed by atoms with Gasteiger partial charge < -0.3 is 21.3 Å². The summed E-state index contributed by atoms with van der Waals surface area (Å²) in [7, 11) is 3.04. The van der Waals surface area contributed by atoms with E-state index in [4.69, 9.17) is 11.5 Å². The molecule has 2 unspecified atom stereocenters. The number of carbonyl (C=O) groups excluding carboxylic acids is 2. The van der Waals surface area contributed by atoms with Gasteiger partial charge in [-0.2, -0.15) is 0 Å². The zero-order chi connectivity index (χ0) is 15.9. The molecule has 0 spiro atoms. The number of hydrogen-bond acceptors (Lipinski definition) is 8. The van der Waals surface area contributed by atoms with E-state index in [0.717, 1.165) is 36.3 Å². The zero-order valence-corrected chi connectivity index (χ0v) is 15.6. The SMILES string of the molecule is NC(CSSCC(N)C(=O)N1CCSC1)C(=O)N1CCSC1. The van der Waals surface area contributed by atoms with E-state index in [1.807, 2.05) is 0 Å². The maximum Gasteiger partial charge on any atom is 0.241 e. The molecule has 2 saturated heterocycles. The number of rotatable bonds is 7. The summed E-state index contributed by atoms with van der Waals surface area (Å²) in [4.78, 5) is 27.7. The number of hydrogen-bond donors (Lipinski definition) is 2. The number of amides is 2. The maximum absolute atomic E-state index is 12.0. The molecule has 10 heteroatoms. The van der Waals surface area contributed by atoms with E-state index < -0.39 is 12.1 Å². The lowest BCUT2D eigenvalue weighted by molar-refractivity contribution is -0.131. The van der Waals surface area contributed by atoms with Gasteiger partial charge in [-0.15, -0.1) is 23.5 Å². The molecule has 0 aliphatic carbocycles. The minimum absolute atomic E-state index is 0.0209. The van der Waals surface area contributed by atoms with Crippen molar-refractivity contribution in [3.05, 3.63) is 0 Å². The van der Waals surface area contributed by atoms with Crippen LogP contribution >= 0.6 is 45.1 Å². The molecule has 4 N–H and O–H groups in total. The summed E-state index contributed by atoms with van der Waals surface area (Å²) >= 11 is 3.51. The fraction of sp³-hybridized carbons (Fsp3) is 0.833. The van der Waals surface area contributed by atoms with E-state index in [2.05, 4.69) is 0 Å². The summed E-state index contributed by atoms with van der Waals surface area (Å²) in [5.74, 6) is 4.61. The predicted octanol–water partition coefficient (Wildman–Crippen LogP) is 0.0882. The van der Waals surface area contributed by atoms with Crippen molar-refractivity contribution in [1.29, 1.82) is 0 Å². The Morgan fingerprint density at radius 1 is 0.909 bits per heavy atom. The van der Waals surface area contributed by atoms with Gasteiger partial charge in [-0.05, 0) is 0 Å². The molecule has 2 amide bonds. The Balaban J connectivity index is 1.59. The van der Waals surface area contributed by atoms with E-state index in [9.17, 15) is 9.59 Å². The van der Waals surface area contributed by atoms with Gasteiger partial charge in [0.2, 0.25) is 11.8 Å². The van der Waals surface area contributed by atoms with Crippen molar-refractivity contribution >= 4 is 56.9 Å². The molecule has 0 aromatic heterocycles. The summed E-state index contributed by atoms with van der Waals surface area (Å²) in [6.45, 7) is 1.59. The van der Waals surface area contributed by atoms with Crippen molar-refractivity contribution in [3.63, 3.8) is 0 Å². The van der Waals surface area contributed by atoms with Crippen LogP contribution in [0.15, 0.2) is 0 Å². The van der Waals surface area contributed by atoms with Crippen molar-refractivity contribution in [2.45, 2.75) is 12.1 Å². The summed E-state index contributed by atoms with van der Waals surface area (Å²) in [5.41, 5.74) is 11.9. The molecule has 22 heavy (non-hydrogen) atoms. The van der Waals surface area contributed by atoms with Gasteiger partial charge in [-0.1, -0.05) is 21.6 Å². The van der Waals surface area contributed by atoms with Crippen LogP contribution in [0.25, 0.3) is 0 Å². The molecule has 0 aromatic rings. The summed E-state index contributed by atoms with van der Waals surface area (Å²) in [6.07, 6.45) is 0. The lowest BCUT2D eigenvalue weighted by Crippen LogP contribution is -2.44. The third kappa shape index (κ3) is 5.41. The topological polar surface area (TPSA) is 92.7 Å². The minimum Gasteiger partial charge on any atom is -0.331 e. The second-order valence-electron chi connectivity index (χ2n) is 5.06. The molecule has 126 valence electrons. The van der Waals surface area contributed by atoms with Crippen LogP contribution in [-0.2, 0) is 9.59 Å². The van der Waals surface area contributed by atoms with Crippen LogP contribution < -0.4 is 11.5 Å². The molecule has 2 fully saturated rings. The average molecular weight is 383 g/mol. The van der Waals surface area contributed by atoms with Crippen molar-refractivity contribution in [3.8, 4) is 0 Å². The lowest BCUT2D eigenvalue weighted by Gasteiger charge is -2.20. The first-order valence-electron chi connectivity index (χ1n) is 7.08. The Morgan fingerprint density at radius 2 is 1.32 bits per heavy atom. The lowest BCUT2D eigenvalue weighted by atomic mass is 10.3. The Kier molecular flexibility index (Phi) is 8.06. The third-order valence-electron chi connectivity index (χ3n) is 3.34. The number of nitrogens with two attached hydrogens (primary N) is 2. The fourth-order valence-electron chi connectivity index (χ4n) is 2.03. The molecule has 2 aliphatic rings. The van der Waals surface area contributed by atoms with Crippen LogP contribution in [0.3, 0.4) is 0 Å². The molecule has 2 aliphatic heterocycles. The van der Waals surface area contributed by atoms with E-state index >= 15 is 0 Å². The molecule has 2 heterocycles. The number of thioether (sulfide) groups is 2. The normalized spacial score (nSPS) is 21.2. The van der Waals surface area contributed by atoms with E-state index in [-0.39, 0.29) is 11.8 Å². The van der Waals surface area contributed by atoms with Crippen LogP contribution in [-0.4, -0.2) is 81.6 Å². The maximum atomic E-state index is 12.0. The van der Waals surface area contributed by atoms with Crippen molar-refractivity contribution in [2.24, 2.45) is 11.5 Å².